The van der Waals surface area contributed by atoms with Gasteiger partial charge in [0, 0.05) is 13.1 Å². The molecule has 0 saturated carbocycles. The van der Waals surface area contributed by atoms with Crippen LogP contribution in [-0.2, 0) is 15.8 Å². The summed E-state index contributed by atoms with van der Waals surface area (Å²) in [5.74, 6) is -0.127. The Hall–Kier alpha value is -1.38. The summed E-state index contributed by atoms with van der Waals surface area (Å²) in [7, 11) is -1.79. The van der Waals surface area contributed by atoms with Crippen LogP contribution in [0.2, 0.25) is 0 Å². The Labute approximate surface area is 109 Å². The minimum atomic E-state index is -3.38. The Bertz CT molecular complexity index is 546. The van der Waals surface area contributed by atoms with Crippen LogP contribution in [0.5, 0.6) is 0 Å². The molecule has 0 N–H and O–H groups in total. The number of nitriles is 1. The van der Waals surface area contributed by atoms with Crippen molar-refractivity contribution in [1.82, 2.24) is 4.31 Å². The third-order valence-electron chi connectivity index (χ3n) is 3.13. The van der Waals surface area contributed by atoms with Crippen LogP contribution in [0, 0.1) is 11.3 Å². The molecular weight excluding hydrogens is 248 g/mol. The average molecular weight is 266 g/mol. The monoisotopic (exact) mass is 266 g/mol. The van der Waals surface area contributed by atoms with Crippen molar-refractivity contribution < 1.29 is 8.42 Å². The second kappa shape index (κ2) is 5.98. The fraction of sp³-hybridized carbons (Fsp3) is 0.462. The number of rotatable bonds is 5. The van der Waals surface area contributed by atoms with E-state index in [9.17, 15) is 8.42 Å². The summed E-state index contributed by atoms with van der Waals surface area (Å²) in [6, 6.07) is 8.77. The normalized spacial score (nSPS) is 13.3. The van der Waals surface area contributed by atoms with E-state index in [-0.39, 0.29) is 11.8 Å². The molecule has 98 valence electrons. The lowest BCUT2D eigenvalue weighted by Gasteiger charge is -2.23. The molecule has 1 atom stereocenters. The topological polar surface area (TPSA) is 61.2 Å². The van der Waals surface area contributed by atoms with Crippen LogP contribution in [0.4, 0.5) is 0 Å². The molecule has 0 saturated heterocycles. The Kier molecular flexibility index (Phi) is 4.88. The number of sulfonamides is 1. The Morgan fingerprint density at radius 3 is 2.56 bits per heavy atom. The van der Waals surface area contributed by atoms with Crippen molar-refractivity contribution in [3.63, 3.8) is 0 Å². The summed E-state index contributed by atoms with van der Waals surface area (Å²) in [5.41, 5.74) is 0.966. The maximum absolute atomic E-state index is 12.2. The maximum Gasteiger partial charge on any atom is 0.218 e. The van der Waals surface area contributed by atoms with Crippen molar-refractivity contribution in [2.45, 2.75) is 32.1 Å². The van der Waals surface area contributed by atoms with E-state index in [0.29, 0.717) is 11.1 Å². The molecule has 5 heteroatoms. The van der Waals surface area contributed by atoms with Gasteiger partial charge in [0.1, 0.15) is 0 Å². The van der Waals surface area contributed by atoms with Gasteiger partial charge in [-0.1, -0.05) is 25.1 Å². The van der Waals surface area contributed by atoms with Crippen LogP contribution in [0.25, 0.3) is 0 Å². The molecule has 0 bridgehead atoms. The first-order valence-corrected chi connectivity index (χ1v) is 7.47. The van der Waals surface area contributed by atoms with Crippen LogP contribution in [0.3, 0.4) is 0 Å². The molecule has 18 heavy (non-hydrogen) atoms. The first-order valence-electron chi connectivity index (χ1n) is 5.86. The molecule has 0 spiro atoms. The van der Waals surface area contributed by atoms with Crippen molar-refractivity contribution in [2.75, 3.05) is 7.05 Å². The smallest absolute Gasteiger partial charge is 0.212 e. The minimum Gasteiger partial charge on any atom is -0.212 e. The van der Waals surface area contributed by atoms with Gasteiger partial charge >= 0.3 is 0 Å². The van der Waals surface area contributed by atoms with Crippen LogP contribution >= 0.6 is 0 Å². The third-order valence-corrected chi connectivity index (χ3v) is 5.04. The molecule has 1 aromatic carbocycles. The molecule has 0 fully saturated rings. The van der Waals surface area contributed by atoms with Gasteiger partial charge in [-0.15, -0.1) is 0 Å². The first kappa shape index (κ1) is 14.7. The van der Waals surface area contributed by atoms with E-state index in [1.807, 2.05) is 19.9 Å². The molecular formula is C13H18N2O2S. The van der Waals surface area contributed by atoms with Gasteiger partial charge in [-0.05, 0) is 25.0 Å². The van der Waals surface area contributed by atoms with Crippen molar-refractivity contribution in [3.05, 3.63) is 35.4 Å². The third kappa shape index (κ3) is 3.31. The minimum absolute atomic E-state index is 0.0377. The zero-order valence-corrected chi connectivity index (χ0v) is 11.7. The van der Waals surface area contributed by atoms with Crippen molar-refractivity contribution in [1.29, 1.82) is 5.26 Å². The first-order chi connectivity index (χ1) is 8.42. The summed E-state index contributed by atoms with van der Waals surface area (Å²) < 4.78 is 25.7. The van der Waals surface area contributed by atoms with Crippen LogP contribution in [0.1, 0.15) is 31.4 Å². The van der Waals surface area contributed by atoms with E-state index in [1.165, 1.54) is 4.31 Å². The number of benzene rings is 1. The summed E-state index contributed by atoms with van der Waals surface area (Å²) in [6.07, 6.45) is 0.760. The van der Waals surface area contributed by atoms with Crippen LogP contribution in [0.15, 0.2) is 24.3 Å². The summed E-state index contributed by atoms with van der Waals surface area (Å²) in [4.78, 5) is 0. The molecule has 1 rings (SSSR count). The van der Waals surface area contributed by atoms with E-state index in [1.54, 1.807) is 31.3 Å². The molecule has 0 aliphatic heterocycles. The lowest BCUT2D eigenvalue weighted by molar-refractivity contribution is 0.380. The van der Waals surface area contributed by atoms with Crippen LogP contribution < -0.4 is 0 Å². The number of hydrogen-bond donors (Lipinski definition) is 0. The van der Waals surface area contributed by atoms with E-state index in [0.717, 1.165) is 6.42 Å². The molecule has 0 aromatic heterocycles. The predicted molar refractivity (Wildman–Crippen MR) is 71.3 cm³/mol. The van der Waals surface area contributed by atoms with Crippen molar-refractivity contribution in [3.8, 4) is 6.07 Å². The standard InChI is InChI=1S/C13H18N2O2S/c1-4-11(2)15(3)18(16,17)10-13-8-6-5-7-12(13)9-14/h5-8,11H,4,10H2,1-3H3/t11-/m0/s1. The lowest BCUT2D eigenvalue weighted by atomic mass is 10.1. The average Bonchev–Trinajstić information content (AvgIpc) is 2.37. The SMILES string of the molecule is CC[C@H](C)N(C)S(=O)(=O)Cc1ccccc1C#N. The van der Waals surface area contributed by atoms with E-state index in [4.69, 9.17) is 5.26 Å². The maximum atomic E-state index is 12.2. The van der Waals surface area contributed by atoms with E-state index < -0.39 is 10.0 Å². The molecule has 0 aliphatic rings. The molecule has 0 radical (unpaired) electrons. The quantitative estimate of drug-likeness (QED) is 0.820. The van der Waals surface area contributed by atoms with Gasteiger partial charge in [-0.3, -0.25) is 0 Å². The van der Waals surface area contributed by atoms with Gasteiger partial charge in [0.15, 0.2) is 0 Å². The van der Waals surface area contributed by atoms with Gasteiger partial charge < -0.3 is 0 Å². The predicted octanol–water partition coefficient (Wildman–Crippen LogP) is 2.12. The molecule has 1 aromatic rings. The second-order valence-electron chi connectivity index (χ2n) is 4.30. The lowest BCUT2D eigenvalue weighted by Crippen LogP contribution is -2.35. The zero-order chi connectivity index (χ0) is 13.8. The Morgan fingerprint density at radius 2 is 2.00 bits per heavy atom. The largest absolute Gasteiger partial charge is 0.218 e. The second-order valence-corrected chi connectivity index (χ2v) is 6.33. The molecule has 0 aliphatic carbocycles. The number of nitrogens with zero attached hydrogens (tertiary/aromatic N) is 2. The fourth-order valence-corrected chi connectivity index (χ4v) is 3.13. The van der Waals surface area contributed by atoms with Gasteiger partial charge in [-0.2, -0.15) is 5.26 Å². The van der Waals surface area contributed by atoms with E-state index >= 15 is 0 Å². The fourth-order valence-electron chi connectivity index (χ4n) is 1.58. The van der Waals surface area contributed by atoms with Gasteiger partial charge in [0.25, 0.3) is 0 Å². The Balaban J connectivity index is 3.00. The Morgan fingerprint density at radius 1 is 1.39 bits per heavy atom. The molecule has 0 amide bonds. The number of hydrogen-bond acceptors (Lipinski definition) is 3. The highest BCUT2D eigenvalue weighted by atomic mass is 32.2. The molecule has 4 nitrogen and oxygen atoms in total. The highest BCUT2D eigenvalue weighted by molar-refractivity contribution is 7.88. The van der Waals surface area contributed by atoms with Crippen LogP contribution in [-0.4, -0.2) is 25.8 Å². The van der Waals surface area contributed by atoms with Gasteiger partial charge in [-0.25, -0.2) is 12.7 Å². The molecule has 0 heterocycles. The highest BCUT2D eigenvalue weighted by Crippen LogP contribution is 2.16. The van der Waals surface area contributed by atoms with Crippen molar-refractivity contribution in [2.24, 2.45) is 0 Å². The highest BCUT2D eigenvalue weighted by Gasteiger charge is 2.23. The van der Waals surface area contributed by atoms with Crippen molar-refractivity contribution >= 4 is 10.0 Å². The summed E-state index contributed by atoms with van der Waals surface area (Å²) in [5, 5.41) is 8.95. The molecule has 0 unspecified atom stereocenters. The zero-order valence-electron chi connectivity index (χ0n) is 10.9. The van der Waals surface area contributed by atoms with Gasteiger partial charge in [0.2, 0.25) is 10.0 Å². The summed E-state index contributed by atoms with van der Waals surface area (Å²) in [6.45, 7) is 3.81. The van der Waals surface area contributed by atoms with Gasteiger partial charge in [0.05, 0.1) is 17.4 Å². The van der Waals surface area contributed by atoms with E-state index in [2.05, 4.69) is 0 Å². The summed E-state index contributed by atoms with van der Waals surface area (Å²) >= 11 is 0.